The van der Waals surface area contributed by atoms with E-state index in [0.717, 1.165) is 11.1 Å². The van der Waals surface area contributed by atoms with Crippen molar-refractivity contribution in [2.45, 2.75) is 32.9 Å². The number of amides is 3. The van der Waals surface area contributed by atoms with Gasteiger partial charge in [-0.05, 0) is 41.8 Å². The lowest BCUT2D eigenvalue weighted by Crippen LogP contribution is -2.53. The third-order valence-electron chi connectivity index (χ3n) is 7.15. The van der Waals surface area contributed by atoms with Gasteiger partial charge in [-0.15, -0.1) is 0 Å². The van der Waals surface area contributed by atoms with Crippen LogP contribution in [0.2, 0.25) is 0 Å². The van der Waals surface area contributed by atoms with Crippen molar-refractivity contribution >= 4 is 17.7 Å². The van der Waals surface area contributed by atoms with Crippen LogP contribution in [0.3, 0.4) is 0 Å². The van der Waals surface area contributed by atoms with Crippen LogP contribution in [0.5, 0.6) is 23.0 Å². The summed E-state index contributed by atoms with van der Waals surface area (Å²) < 4.78 is 24.3. The molecule has 0 radical (unpaired) electrons. The Morgan fingerprint density at radius 3 is 2.71 bits per heavy atom. The molecule has 12 heteroatoms. The molecule has 222 valence electrons. The smallest absolute Gasteiger partial charge is 0.242 e. The number of fused-ring (bicyclic) bond motifs is 5. The second-order valence-electron chi connectivity index (χ2n) is 10.4. The molecule has 2 bridgehead atoms. The molecule has 3 heterocycles. The molecule has 0 fully saturated rings. The third kappa shape index (κ3) is 6.59. The minimum atomic E-state index is -0.767. The number of aromatic nitrogens is 2. The predicted octanol–water partition coefficient (Wildman–Crippen LogP) is 2.01. The van der Waals surface area contributed by atoms with Crippen LogP contribution < -0.4 is 29.6 Å². The highest BCUT2D eigenvalue weighted by molar-refractivity contribution is 5.90. The van der Waals surface area contributed by atoms with Gasteiger partial charge in [0.2, 0.25) is 24.5 Å². The lowest BCUT2D eigenvalue weighted by Gasteiger charge is -2.26. The molecule has 3 amide bonds. The molecule has 1 atom stereocenters. The molecule has 1 aromatic heterocycles. The number of hydrogen-bond donors (Lipinski definition) is 2. The first kappa shape index (κ1) is 28.8. The van der Waals surface area contributed by atoms with Gasteiger partial charge in [-0.1, -0.05) is 19.9 Å². The topological polar surface area (TPSA) is 133 Å². The highest BCUT2D eigenvalue weighted by Gasteiger charge is 2.27. The molecule has 2 aromatic carbocycles. The monoisotopic (exact) mass is 577 g/mol. The van der Waals surface area contributed by atoms with E-state index >= 15 is 0 Å². The molecule has 2 aliphatic rings. The van der Waals surface area contributed by atoms with E-state index in [1.54, 1.807) is 37.6 Å². The van der Waals surface area contributed by atoms with Gasteiger partial charge in [-0.3, -0.25) is 14.4 Å². The van der Waals surface area contributed by atoms with Gasteiger partial charge in [0.15, 0.2) is 23.0 Å². The number of hydrogen-bond acceptors (Lipinski definition) is 8. The van der Waals surface area contributed by atoms with Crippen molar-refractivity contribution < 1.29 is 33.3 Å². The zero-order valence-corrected chi connectivity index (χ0v) is 23.9. The maximum Gasteiger partial charge on any atom is 0.242 e. The minimum absolute atomic E-state index is 0.0412. The van der Waals surface area contributed by atoms with Gasteiger partial charge in [-0.2, -0.15) is 0 Å². The van der Waals surface area contributed by atoms with Crippen LogP contribution in [0.4, 0.5) is 0 Å². The van der Waals surface area contributed by atoms with Gasteiger partial charge in [0.05, 0.1) is 26.6 Å². The Kier molecular flexibility index (Phi) is 8.80. The molecular weight excluding hydrogens is 542 g/mol. The largest absolute Gasteiger partial charge is 0.493 e. The fourth-order valence-electron chi connectivity index (χ4n) is 4.91. The second kappa shape index (κ2) is 12.8. The van der Waals surface area contributed by atoms with E-state index in [9.17, 15) is 14.4 Å². The zero-order valence-electron chi connectivity index (χ0n) is 23.9. The fraction of sp³-hybridized carbons (Fsp3) is 0.400. The normalized spacial score (nSPS) is 17.5. The lowest BCUT2D eigenvalue weighted by molar-refractivity contribution is -0.137. The number of methoxy groups -OCH3 is 1. The molecule has 0 unspecified atom stereocenters. The van der Waals surface area contributed by atoms with E-state index in [2.05, 4.69) is 15.6 Å². The lowest BCUT2D eigenvalue weighted by atomic mass is 10.0. The summed E-state index contributed by atoms with van der Waals surface area (Å²) in [6.45, 7) is 4.64. The Labute approximate surface area is 243 Å². The van der Waals surface area contributed by atoms with Crippen LogP contribution in [0.25, 0.3) is 11.4 Å². The standard InChI is InChI=1S/C30H35N5O7/c1-19(2)28-30(38)32-9-11-34-10-8-31-29(34)21-5-7-22(39-3)25(16-21)40-13-12-35(17-26(36)33-28)27(37)15-20-4-6-23-24(14-20)42-18-41-23/h4-8,10,14,16,19,28H,9,11-13,15,17-18H2,1-3H3,(H,32,38)(H,33,36)/t28-/m1/s1. The van der Waals surface area contributed by atoms with Crippen molar-refractivity contribution in [3.63, 3.8) is 0 Å². The molecule has 3 aromatic rings. The average molecular weight is 578 g/mol. The van der Waals surface area contributed by atoms with Crippen LogP contribution in [0.1, 0.15) is 19.4 Å². The first-order chi connectivity index (χ1) is 20.3. The highest BCUT2D eigenvalue weighted by atomic mass is 16.7. The number of imidazole rings is 1. The molecule has 2 aliphatic heterocycles. The quantitative estimate of drug-likeness (QED) is 0.481. The van der Waals surface area contributed by atoms with Crippen molar-refractivity contribution in [1.29, 1.82) is 0 Å². The van der Waals surface area contributed by atoms with Gasteiger partial charge < -0.3 is 39.0 Å². The number of ether oxygens (including phenoxy) is 4. The number of benzene rings is 2. The Balaban J connectivity index is 1.41. The van der Waals surface area contributed by atoms with Crippen LogP contribution in [0.15, 0.2) is 48.8 Å². The average Bonchev–Trinajstić information content (AvgIpc) is 3.64. The summed E-state index contributed by atoms with van der Waals surface area (Å²) in [5, 5.41) is 5.74. The molecule has 0 saturated heterocycles. The van der Waals surface area contributed by atoms with Gasteiger partial charge in [-0.25, -0.2) is 4.98 Å². The summed E-state index contributed by atoms with van der Waals surface area (Å²) in [4.78, 5) is 45.7. The SMILES string of the molecule is COc1ccc2cc1OCCN(C(=O)Cc1ccc3c(c1)OCO3)CC(=O)N[C@H](C(C)C)C(=O)NCCn1ccnc1-2. The molecule has 12 nitrogen and oxygen atoms in total. The summed E-state index contributed by atoms with van der Waals surface area (Å²) >= 11 is 0. The van der Waals surface area contributed by atoms with Crippen molar-refractivity contribution in [2.75, 3.05) is 40.1 Å². The zero-order chi connectivity index (χ0) is 29.6. The predicted molar refractivity (Wildman–Crippen MR) is 152 cm³/mol. The van der Waals surface area contributed by atoms with Crippen molar-refractivity contribution in [1.82, 2.24) is 25.1 Å². The van der Waals surface area contributed by atoms with Crippen LogP contribution in [0, 0.1) is 5.92 Å². The van der Waals surface area contributed by atoms with Crippen LogP contribution in [-0.2, 0) is 27.3 Å². The fourth-order valence-corrected chi connectivity index (χ4v) is 4.91. The van der Waals surface area contributed by atoms with E-state index in [4.69, 9.17) is 18.9 Å². The van der Waals surface area contributed by atoms with Gasteiger partial charge in [0, 0.05) is 31.0 Å². The molecule has 2 N–H and O–H groups in total. The molecule has 0 saturated carbocycles. The summed E-state index contributed by atoms with van der Waals surface area (Å²) in [5.41, 5.74) is 1.53. The highest BCUT2D eigenvalue weighted by Crippen LogP contribution is 2.33. The van der Waals surface area contributed by atoms with Gasteiger partial charge >= 0.3 is 0 Å². The molecular formula is C30H35N5O7. The van der Waals surface area contributed by atoms with Crippen molar-refractivity contribution in [2.24, 2.45) is 5.92 Å². The Bertz CT molecular complexity index is 1450. The third-order valence-corrected chi connectivity index (χ3v) is 7.15. The first-order valence-electron chi connectivity index (χ1n) is 13.9. The van der Waals surface area contributed by atoms with Gasteiger partial charge in [0.1, 0.15) is 18.5 Å². The number of carbonyl (C=O) groups excluding carboxylic acids is 3. The maximum atomic E-state index is 13.5. The number of rotatable bonds is 4. The molecule has 0 spiro atoms. The van der Waals surface area contributed by atoms with Crippen LogP contribution in [-0.4, -0.2) is 78.4 Å². The first-order valence-corrected chi connectivity index (χ1v) is 13.9. The van der Waals surface area contributed by atoms with Crippen molar-refractivity contribution in [3.8, 4) is 34.4 Å². The molecule has 42 heavy (non-hydrogen) atoms. The number of nitrogens with one attached hydrogen (secondary N) is 2. The summed E-state index contributed by atoms with van der Waals surface area (Å²) in [6.07, 6.45) is 3.58. The minimum Gasteiger partial charge on any atom is -0.493 e. The summed E-state index contributed by atoms with van der Waals surface area (Å²) in [7, 11) is 1.55. The van der Waals surface area contributed by atoms with E-state index in [0.29, 0.717) is 41.9 Å². The van der Waals surface area contributed by atoms with E-state index in [1.165, 1.54) is 4.90 Å². The Morgan fingerprint density at radius 1 is 1.07 bits per heavy atom. The van der Waals surface area contributed by atoms with E-state index in [1.807, 2.05) is 36.7 Å². The number of nitrogens with zero attached hydrogens (tertiary/aromatic N) is 3. The van der Waals surface area contributed by atoms with Crippen molar-refractivity contribution in [3.05, 3.63) is 54.4 Å². The summed E-state index contributed by atoms with van der Waals surface area (Å²) in [6, 6.07) is 10.1. The van der Waals surface area contributed by atoms with Crippen LogP contribution >= 0.6 is 0 Å². The number of carbonyl (C=O) groups is 3. The second-order valence-corrected chi connectivity index (χ2v) is 10.4. The van der Waals surface area contributed by atoms with E-state index in [-0.39, 0.29) is 50.6 Å². The van der Waals surface area contributed by atoms with E-state index < -0.39 is 11.9 Å². The van der Waals surface area contributed by atoms with Gasteiger partial charge in [0.25, 0.3) is 0 Å². The summed E-state index contributed by atoms with van der Waals surface area (Å²) in [5.74, 6) is 1.72. The molecule has 0 aliphatic carbocycles. The molecule has 5 rings (SSSR count). The Morgan fingerprint density at radius 2 is 1.90 bits per heavy atom. The Hall–Kier alpha value is -4.74. The maximum absolute atomic E-state index is 13.5.